The SMILES string of the molecule is CC(C)(C)OC(=O)NCC(=O)Cc1cc(Cl)cc(OC(F)(F)F)c1. The van der Waals surface area contributed by atoms with E-state index < -0.39 is 29.6 Å². The summed E-state index contributed by atoms with van der Waals surface area (Å²) < 4.78 is 45.4. The predicted molar refractivity (Wildman–Crippen MR) is 81.1 cm³/mol. The summed E-state index contributed by atoms with van der Waals surface area (Å²) in [7, 11) is 0. The fourth-order valence-electron chi connectivity index (χ4n) is 1.69. The van der Waals surface area contributed by atoms with Gasteiger partial charge in [0.2, 0.25) is 0 Å². The van der Waals surface area contributed by atoms with Crippen LogP contribution in [0.25, 0.3) is 0 Å². The highest BCUT2D eigenvalue weighted by atomic mass is 35.5. The van der Waals surface area contributed by atoms with E-state index in [1.54, 1.807) is 20.8 Å². The molecule has 5 nitrogen and oxygen atoms in total. The second-order valence-corrected chi connectivity index (χ2v) is 6.35. The summed E-state index contributed by atoms with van der Waals surface area (Å²) >= 11 is 5.71. The van der Waals surface area contributed by atoms with Crippen LogP contribution in [0.5, 0.6) is 5.75 Å². The molecule has 9 heteroatoms. The van der Waals surface area contributed by atoms with Crippen LogP contribution in [0.1, 0.15) is 26.3 Å². The van der Waals surface area contributed by atoms with Crippen LogP contribution in [0.15, 0.2) is 18.2 Å². The second-order valence-electron chi connectivity index (χ2n) is 5.91. The van der Waals surface area contributed by atoms with Gasteiger partial charge in [-0.3, -0.25) is 4.79 Å². The van der Waals surface area contributed by atoms with Gasteiger partial charge in [0.15, 0.2) is 5.78 Å². The number of halogens is 4. The van der Waals surface area contributed by atoms with Crippen LogP contribution in [-0.4, -0.2) is 30.4 Å². The topological polar surface area (TPSA) is 64.6 Å². The number of rotatable bonds is 5. The summed E-state index contributed by atoms with van der Waals surface area (Å²) in [4.78, 5) is 23.2. The molecule has 0 aliphatic carbocycles. The lowest BCUT2D eigenvalue weighted by atomic mass is 10.1. The van der Waals surface area contributed by atoms with Gasteiger partial charge in [0.1, 0.15) is 11.4 Å². The number of amides is 1. The highest BCUT2D eigenvalue weighted by molar-refractivity contribution is 6.30. The smallest absolute Gasteiger partial charge is 0.444 e. The minimum Gasteiger partial charge on any atom is -0.444 e. The molecule has 0 bridgehead atoms. The molecule has 24 heavy (non-hydrogen) atoms. The zero-order valence-electron chi connectivity index (χ0n) is 13.3. The number of carbonyl (C=O) groups excluding carboxylic acids is 2. The van der Waals surface area contributed by atoms with Gasteiger partial charge in [-0.25, -0.2) is 4.79 Å². The van der Waals surface area contributed by atoms with Gasteiger partial charge in [0.25, 0.3) is 0 Å². The van der Waals surface area contributed by atoms with Gasteiger partial charge in [0, 0.05) is 11.4 Å². The predicted octanol–water partition coefficient (Wildman–Crippen LogP) is 3.87. The number of hydrogen-bond acceptors (Lipinski definition) is 4. The van der Waals surface area contributed by atoms with Crippen LogP contribution in [0.4, 0.5) is 18.0 Å². The molecule has 0 saturated carbocycles. The average molecular weight is 368 g/mol. The first-order chi connectivity index (χ1) is 10.8. The number of alkyl carbamates (subject to hydrolysis) is 1. The van der Waals surface area contributed by atoms with E-state index in [2.05, 4.69) is 10.1 Å². The maximum atomic E-state index is 12.2. The number of hydrogen-bond donors (Lipinski definition) is 1. The van der Waals surface area contributed by atoms with Gasteiger partial charge in [-0.1, -0.05) is 11.6 Å². The Hall–Kier alpha value is -1.96. The normalized spacial score (nSPS) is 11.8. The molecule has 1 N–H and O–H groups in total. The first kappa shape index (κ1) is 20.1. The molecule has 0 radical (unpaired) electrons. The molecular weight excluding hydrogens is 351 g/mol. The van der Waals surface area contributed by atoms with Crippen LogP contribution in [0.3, 0.4) is 0 Å². The Balaban J connectivity index is 2.62. The van der Waals surface area contributed by atoms with Crippen molar-refractivity contribution in [1.82, 2.24) is 5.32 Å². The Morgan fingerprint density at radius 3 is 2.33 bits per heavy atom. The zero-order chi connectivity index (χ0) is 18.5. The van der Waals surface area contributed by atoms with E-state index in [4.69, 9.17) is 16.3 Å². The Morgan fingerprint density at radius 2 is 1.79 bits per heavy atom. The van der Waals surface area contributed by atoms with E-state index in [9.17, 15) is 22.8 Å². The molecule has 134 valence electrons. The number of alkyl halides is 3. The quantitative estimate of drug-likeness (QED) is 0.858. The van der Waals surface area contributed by atoms with Crippen LogP contribution < -0.4 is 10.1 Å². The minimum atomic E-state index is -4.86. The van der Waals surface area contributed by atoms with Gasteiger partial charge in [-0.15, -0.1) is 13.2 Å². The molecule has 0 atom stereocenters. The molecule has 0 aliphatic heterocycles. The molecule has 1 aromatic rings. The van der Waals surface area contributed by atoms with Crippen molar-refractivity contribution >= 4 is 23.5 Å². The van der Waals surface area contributed by atoms with Crippen molar-refractivity contribution < 1.29 is 32.2 Å². The molecule has 0 unspecified atom stereocenters. The molecule has 0 aromatic heterocycles. The highest BCUT2D eigenvalue weighted by Crippen LogP contribution is 2.27. The van der Waals surface area contributed by atoms with Crippen molar-refractivity contribution in [2.75, 3.05) is 6.54 Å². The number of benzene rings is 1. The number of Topliss-reactive ketones (excluding diaryl/α,β-unsaturated/α-hetero) is 1. The van der Waals surface area contributed by atoms with Crippen LogP contribution >= 0.6 is 11.6 Å². The van der Waals surface area contributed by atoms with Crippen LogP contribution in [-0.2, 0) is 16.0 Å². The molecule has 1 aromatic carbocycles. The summed E-state index contributed by atoms with van der Waals surface area (Å²) in [6.07, 6.45) is -5.84. The summed E-state index contributed by atoms with van der Waals surface area (Å²) in [5.74, 6) is -0.945. The monoisotopic (exact) mass is 367 g/mol. The van der Waals surface area contributed by atoms with Gasteiger partial charge in [0.05, 0.1) is 6.54 Å². The molecule has 0 aliphatic rings. The summed E-state index contributed by atoms with van der Waals surface area (Å²) in [5.41, 5.74) is -0.470. The first-order valence-electron chi connectivity index (χ1n) is 6.88. The summed E-state index contributed by atoms with van der Waals surface area (Å²) in [6, 6.07) is 3.39. The highest BCUT2D eigenvalue weighted by Gasteiger charge is 2.31. The van der Waals surface area contributed by atoms with Crippen molar-refractivity contribution in [1.29, 1.82) is 0 Å². The second kappa shape index (κ2) is 7.74. The van der Waals surface area contributed by atoms with E-state index >= 15 is 0 Å². The first-order valence-corrected chi connectivity index (χ1v) is 7.25. The van der Waals surface area contributed by atoms with Crippen molar-refractivity contribution in [3.05, 3.63) is 28.8 Å². The third kappa shape index (κ3) is 8.61. The number of ether oxygens (including phenoxy) is 2. The Labute approximate surface area is 142 Å². The zero-order valence-corrected chi connectivity index (χ0v) is 14.0. The molecule has 0 saturated heterocycles. The fraction of sp³-hybridized carbons (Fsp3) is 0.467. The largest absolute Gasteiger partial charge is 0.573 e. The third-order valence-corrected chi connectivity index (χ3v) is 2.61. The van der Waals surface area contributed by atoms with E-state index in [0.717, 1.165) is 12.1 Å². The van der Waals surface area contributed by atoms with Crippen molar-refractivity contribution in [3.63, 3.8) is 0 Å². The maximum absolute atomic E-state index is 12.2. The van der Waals surface area contributed by atoms with E-state index in [0.29, 0.717) is 0 Å². The molecule has 1 amide bonds. The van der Waals surface area contributed by atoms with Gasteiger partial charge in [-0.2, -0.15) is 0 Å². The summed E-state index contributed by atoms with van der Waals surface area (Å²) in [5, 5.41) is 2.27. The maximum Gasteiger partial charge on any atom is 0.573 e. The average Bonchev–Trinajstić information content (AvgIpc) is 2.31. The fourth-order valence-corrected chi connectivity index (χ4v) is 1.94. The van der Waals surface area contributed by atoms with E-state index in [-0.39, 0.29) is 23.6 Å². The molecule has 0 fully saturated rings. The summed E-state index contributed by atoms with van der Waals surface area (Å²) in [6.45, 7) is 4.69. The number of ketones is 1. The van der Waals surface area contributed by atoms with Gasteiger partial charge >= 0.3 is 12.5 Å². The standard InChI is InChI=1S/C15H17ClF3NO4/c1-14(2,3)24-13(22)20-8-11(21)5-9-4-10(16)7-12(6-9)23-15(17,18)19/h4,6-7H,5,8H2,1-3H3,(H,20,22). The lowest BCUT2D eigenvalue weighted by Gasteiger charge is -2.19. The molecule has 0 heterocycles. The molecule has 0 spiro atoms. The van der Waals surface area contributed by atoms with Gasteiger partial charge < -0.3 is 14.8 Å². The van der Waals surface area contributed by atoms with Crippen molar-refractivity contribution in [3.8, 4) is 5.75 Å². The number of nitrogens with one attached hydrogen (secondary N) is 1. The molecular formula is C15H17ClF3NO4. The van der Waals surface area contributed by atoms with Crippen LogP contribution in [0, 0.1) is 0 Å². The van der Waals surface area contributed by atoms with Gasteiger partial charge in [-0.05, 0) is 44.5 Å². The number of carbonyl (C=O) groups is 2. The lowest BCUT2D eigenvalue weighted by Crippen LogP contribution is -2.35. The van der Waals surface area contributed by atoms with Crippen LogP contribution in [0.2, 0.25) is 5.02 Å². The third-order valence-electron chi connectivity index (χ3n) is 2.39. The Kier molecular flexibility index (Phi) is 6.48. The Morgan fingerprint density at radius 1 is 1.17 bits per heavy atom. The Bertz CT molecular complexity index is 612. The lowest BCUT2D eigenvalue weighted by molar-refractivity contribution is -0.274. The molecule has 1 rings (SSSR count). The van der Waals surface area contributed by atoms with E-state index in [1.165, 1.54) is 6.07 Å². The van der Waals surface area contributed by atoms with Crippen molar-refractivity contribution in [2.45, 2.75) is 39.2 Å². The minimum absolute atomic E-state index is 0.000323. The van der Waals surface area contributed by atoms with E-state index in [1.807, 2.05) is 0 Å². The van der Waals surface area contributed by atoms with Crippen molar-refractivity contribution in [2.24, 2.45) is 0 Å².